The fourth-order valence-corrected chi connectivity index (χ4v) is 3.04. The maximum Gasteiger partial charge on any atom is 0.0476 e. The Labute approximate surface area is 105 Å². The molecule has 0 amide bonds. The standard InChI is InChI=1S/C15H24N2/c1-12-8-7-11-17(12)15(2,3)14(16)13-9-5-4-6-10-13/h4-6,9-10,12,14H,7-8,11,16H2,1-3H3/t12-,14-/m0/s1. The zero-order chi connectivity index (χ0) is 12.5. The maximum atomic E-state index is 6.47. The first kappa shape index (κ1) is 12.6. The minimum Gasteiger partial charge on any atom is -0.322 e. The molecule has 1 aliphatic heterocycles. The van der Waals surface area contributed by atoms with Crippen LogP contribution in [-0.2, 0) is 0 Å². The number of hydrogen-bond acceptors (Lipinski definition) is 2. The Balaban J connectivity index is 2.20. The zero-order valence-electron chi connectivity index (χ0n) is 11.2. The summed E-state index contributed by atoms with van der Waals surface area (Å²) in [5.74, 6) is 0. The van der Waals surface area contributed by atoms with E-state index in [2.05, 4.69) is 49.9 Å². The number of benzene rings is 1. The summed E-state index contributed by atoms with van der Waals surface area (Å²) in [5, 5.41) is 0. The summed E-state index contributed by atoms with van der Waals surface area (Å²) in [6.07, 6.45) is 2.59. The van der Waals surface area contributed by atoms with Crippen LogP contribution in [0.5, 0.6) is 0 Å². The largest absolute Gasteiger partial charge is 0.322 e. The van der Waals surface area contributed by atoms with Gasteiger partial charge in [0.05, 0.1) is 0 Å². The molecule has 2 rings (SSSR count). The highest BCUT2D eigenvalue weighted by Gasteiger charge is 2.38. The van der Waals surface area contributed by atoms with Gasteiger partial charge in [-0.15, -0.1) is 0 Å². The third kappa shape index (κ3) is 2.38. The molecule has 1 saturated heterocycles. The number of likely N-dealkylation sites (tertiary alicyclic amines) is 1. The molecule has 1 aromatic carbocycles. The topological polar surface area (TPSA) is 29.3 Å². The van der Waals surface area contributed by atoms with E-state index in [4.69, 9.17) is 5.73 Å². The first-order valence-corrected chi connectivity index (χ1v) is 6.60. The molecule has 2 nitrogen and oxygen atoms in total. The number of nitrogens with two attached hydrogens (primary N) is 1. The van der Waals surface area contributed by atoms with Crippen LogP contribution in [-0.4, -0.2) is 23.0 Å². The fourth-order valence-electron chi connectivity index (χ4n) is 3.04. The molecular formula is C15H24N2. The summed E-state index contributed by atoms with van der Waals surface area (Å²) >= 11 is 0. The summed E-state index contributed by atoms with van der Waals surface area (Å²) in [5.41, 5.74) is 7.73. The van der Waals surface area contributed by atoms with Crippen LogP contribution in [0.25, 0.3) is 0 Å². The van der Waals surface area contributed by atoms with Crippen LogP contribution in [0.1, 0.15) is 45.2 Å². The molecule has 1 aromatic rings. The Morgan fingerprint density at radius 2 is 1.94 bits per heavy atom. The van der Waals surface area contributed by atoms with Crippen molar-refractivity contribution in [3.8, 4) is 0 Å². The van der Waals surface area contributed by atoms with Gasteiger partial charge in [-0.1, -0.05) is 30.3 Å². The smallest absolute Gasteiger partial charge is 0.0476 e. The lowest BCUT2D eigenvalue weighted by atomic mass is 9.87. The van der Waals surface area contributed by atoms with E-state index in [1.54, 1.807) is 0 Å². The van der Waals surface area contributed by atoms with Crippen molar-refractivity contribution in [2.24, 2.45) is 5.73 Å². The van der Waals surface area contributed by atoms with Gasteiger partial charge in [-0.3, -0.25) is 4.90 Å². The minimum atomic E-state index is 0.0251. The van der Waals surface area contributed by atoms with Gasteiger partial charge < -0.3 is 5.73 Å². The van der Waals surface area contributed by atoms with Gasteiger partial charge in [-0.05, 0) is 45.7 Å². The molecule has 0 spiro atoms. The molecule has 0 aromatic heterocycles. The van der Waals surface area contributed by atoms with Crippen molar-refractivity contribution in [1.29, 1.82) is 0 Å². The highest BCUT2D eigenvalue weighted by molar-refractivity contribution is 5.22. The summed E-state index contributed by atoms with van der Waals surface area (Å²) in [4.78, 5) is 2.56. The van der Waals surface area contributed by atoms with Crippen LogP contribution in [0, 0.1) is 0 Å². The monoisotopic (exact) mass is 232 g/mol. The van der Waals surface area contributed by atoms with Gasteiger partial charge in [0.25, 0.3) is 0 Å². The lowest BCUT2D eigenvalue weighted by Crippen LogP contribution is -2.52. The zero-order valence-corrected chi connectivity index (χ0v) is 11.2. The highest BCUT2D eigenvalue weighted by Crippen LogP contribution is 2.34. The Hall–Kier alpha value is -0.860. The van der Waals surface area contributed by atoms with Crippen LogP contribution < -0.4 is 5.73 Å². The van der Waals surface area contributed by atoms with E-state index in [0.29, 0.717) is 6.04 Å². The molecule has 94 valence electrons. The van der Waals surface area contributed by atoms with Crippen molar-refractivity contribution in [2.45, 2.75) is 51.2 Å². The summed E-state index contributed by atoms with van der Waals surface area (Å²) in [6.45, 7) is 8.03. The van der Waals surface area contributed by atoms with Crippen molar-refractivity contribution in [3.05, 3.63) is 35.9 Å². The third-order valence-corrected chi connectivity index (χ3v) is 4.21. The Morgan fingerprint density at radius 3 is 2.47 bits per heavy atom. The van der Waals surface area contributed by atoms with Gasteiger partial charge in [0.15, 0.2) is 0 Å². The van der Waals surface area contributed by atoms with Crippen LogP contribution >= 0.6 is 0 Å². The van der Waals surface area contributed by atoms with Crippen LogP contribution in [0.2, 0.25) is 0 Å². The molecule has 1 heterocycles. The molecule has 0 bridgehead atoms. The Bertz CT molecular complexity index is 358. The fraction of sp³-hybridized carbons (Fsp3) is 0.600. The maximum absolute atomic E-state index is 6.47. The van der Waals surface area contributed by atoms with E-state index in [0.717, 1.165) is 0 Å². The third-order valence-electron chi connectivity index (χ3n) is 4.21. The van der Waals surface area contributed by atoms with Gasteiger partial charge >= 0.3 is 0 Å². The SMILES string of the molecule is C[C@H]1CCCN1C(C)(C)[C@@H](N)c1ccccc1. The van der Waals surface area contributed by atoms with E-state index < -0.39 is 0 Å². The number of nitrogens with zero attached hydrogens (tertiary/aromatic N) is 1. The van der Waals surface area contributed by atoms with Crippen LogP contribution in [0.15, 0.2) is 30.3 Å². The first-order chi connectivity index (χ1) is 8.03. The van der Waals surface area contributed by atoms with E-state index >= 15 is 0 Å². The van der Waals surface area contributed by atoms with E-state index in [-0.39, 0.29) is 11.6 Å². The van der Waals surface area contributed by atoms with Gasteiger partial charge in [-0.2, -0.15) is 0 Å². The minimum absolute atomic E-state index is 0.0251. The van der Waals surface area contributed by atoms with Crippen molar-refractivity contribution < 1.29 is 0 Å². The molecule has 0 radical (unpaired) electrons. The van der Waals surface area contributed by atoms with Crippen molar-refractivity contribution in [3.63, 3.8) is 0 Å². The van der Waals surface area contributed by atoms with Gasteiger partial charge in [0.1, 0.15) is 0 Å². The van der Waals surface area contributed by atoms with Gasteiger partial charge in [-0.25, -0.2) is 0 Å². The Kier molecular flexibility index (Phi) is 3.55. The second kappa shape index (κ2) is 4.79. The normalized spacial score (nSPS) is 23.9. The summed E-state index contributed by atoms with van der Waals surface area (Å²) < 4.78 is 0. The van der Waals surface area contributed by atoms with Crippen LogP contribution in [0.3, 0.4) is 0 Å². The molecule has 0 saturated carbocycles. The summed E-state index contributed by atoms with van der Waals surface area (Å²) in [6, 6.07) is 11.2. The van der Waals surface area contributed by atoms with E-state index in [1.807, 2.05) is 6.07 Å². The highest BCUT2D eigenvalue weighted by atomic mass is 15.2. The average Bonchev–Trinajstić information content (AvgIpc) is 2.76. The molecule has 17 heavy (non-hydrogen) atoms. The number of hydrogen-bond donors (Lipinski definition) is 1. The predicted molar refractivity (Wildman–Crippen MR) is 72.9 cm³/mol. The van der Waals surface area contributed by atoms with Crippen LogP contribution in [0.4, 0.5) is 0 Å². The molecule has 1 aliphatic rings. The first-order valence-electron chi connectivity index (χ1n) is 6.60. The van der Waals surface area contributed by atoms with Gasteiger partial charge in [0, 0.05) is 17.6 Å². The van der Waals surface area contributed by atoms with Crippen molar-refractivity contribution in [1.82, 2.24) is 4.90 Å². The molecular weight excluding hydrogens is 208 g/mol. The lowest BCUT2D eigenvalue weighted by molar-refractivity contribution is 0.0876. The second-order valence-electron chi connectivity index (χ2n) is 5.73. The molecule has 2 atom stereocenters. The molecule has 0 aliphatic carbocycles. The van der Waals surface area contributed by atoms with Crippen molar-refractivity contribution >= 4 is 0 Å². The van der Waals surface area contributed by atoms with E-state index in [1.165, 1.54) is 24.9 Å². The Morgan fingerprint density at radius 1 is 1.29 bits per heavy atom. The van der Waals surface area contributed by atoms with E-state index in [9.17, 15) is 0 Å². The molecule has 0 unspecified atom stereocenters. The molecule has 2 N–H and O–H groups in total. The second-order valence-corrected chi connectivity index (χ2v) is 5.73. The lowest BCUT2D eigenvalue weighted by Gasteiger charge is -2.43. The summed E-state index contributed by atoms with van der Waals surface area (Å²) in [7, 11) is 0. The predicted octanol–water partition coefficient (Wildman–Crippen LogP) is 2.95. The van der Waals surface area contributed by atoms with Crippen molar-refractivity contribution in [2.75, 3.05) is 6.54 Å². The quantitative estimate of drug-likeness (QED) is 0.868. The average molecular weight is 232 g/mol. The van der Waals surface area contributed by atoms with Gasteiger partial charge in [0.2, 0.25) is 0 Å². The molecule has 2 heteroatoms. The number of rotatable bonds is 3. The molecule has 1 fully saturated rings.